The fourth-order valence-electron chi connectivity index (χ4n) is 2.66. The van der Waals surface area contributed by atoms with Crippen LogP contribution in [0.25, 0.3) is 0 Å². The van der Waals surface area contributed by atoms with Crippen LogP contribution in [0.4, 0.5) is 5.82 Å². The average Bonchev–Trinajstić information content (AvgIpc) is 2.93. The number of anilines is 1. The monoisotopic (exact) mass is 248 g/mol. The highest BCUT2D eigenvalue weighted by Crippen LogP contribution is 2.26. The summed E-state index contributed by atoms with van der Waals surface area (Å²) in [5.41, 5.74) is 1.02. The summed E-state index contributed by atoms with van der Waals surface area (Å²) < 4.78 is 0. The Morgan fingerprint density at radius 3 is 2.56 bits per heavy atom. The SMILES string of the molecule is CCNCc1cnc(N(CC)C2CCCC2)cn1. The summed E-state index contributed by atoms with van der Waals surface area (Å²) in [6.07, 6.45) is 9.13. The van der Waals surface area contributed by atoms with Gasteiger partial charge in [-0.3, -0.25) is 4.98 Å². The van der Waals surface area contributed by atoms with E-state index in [0.29, 0.717) is 6.04 Å². The predicted molar refractivity (Wildman–Crippen MR) is 74.7 cm³/mol. The van der Waals surface area contributed by atoms with Gasteiger partial charge in [-0.05, 0) is 26.3 Å². The number of rotatable bonds is 6. The third-order valence-electron chi connectivity index (χ3n) is 3.65. The molecule has 0 aliphatic heterocycles. The maximum Gasteiger partial charge on any atom is 0.147 e. The van der Waals surface area contributed by atoms with Crippen molar-refractivity contribution in [2.75, 3.05) is 18.0 Å². The molecule has 1 aliphatic rings. The van der Waals surface area contributed by atoms with E-state index in [9.17, 15) is 0 Å². The van der Waals surface area contributed by atoms with Gasteiger partial charge in [-0.2, -0.15) is 0 Å². The minimum atomic E-state index is 0.670. The summed E-state index contributed by atoms with van der Waals surface area (Å²) in [5.74, 6) is 1.03. The van der Waals surface area contributed by atoms with E-state index in [2.05, 4.69) is 34.0 Å². The molecule has 4 heteroatoms. The van der Waals surface area contributed by atoms with E-state index >= 15 is 0 Å². The zero-order chi connectivity index (χ0) is 12.8. The molecule has 0 saturated heterocycles. The summed E-state index contributed by atoms with van der Waals surface area (Å²) in [6, 6.07) is 0.670. The van der Waals surface area contributed by atoms with Crippen LogP contribution in [0.3, 0.4) is 0 Å². The summed E-state index contributed by atoms with van der Waals surface area (Å²) in [5, 5.41) is 3.27. The van der Waals surface area contributed by atoms with Gasteiger partial charge >= 0.3 is 0 Å². The van der Waals surface area contributed by atoms with E-state index < -0.39 is 0 Å². The molecule has 1 N–H and O–H groups in total. The van der Waals surface area contributed by atoms with Crippen LogP contribution >= 0.6 is 0 Å². The molecule has 4 nitrogen and oxygen atoms in total. The highest BCUT2D eigenvalue weighted by Gasteiger charge is 2.22. The average molecular weight is 248 g/mol. The van der Waals surface area contributed by atoms with Gasteiger partial charge in [-0.25, -0.2) is 4.98 Å². The highest BCUT2D eigenvalue weighted by atomic mass is 15.2. The molecule has 1 aliphatic carbocycles. The Hall–Kier alpha value is -1.16. The Morgan fingerprint density at radius 1 is 1.22 bits per heavy atom. The van der Waals surface area contributed by atoms with Crippen LogP contribution in [0.2, 0.25) is 0 Å². The van der Waals surface area contributed by atoms with Crippen LogP contribution in [0.1, 0.15) is 45.2 Å². The topological polar surface area (TPSA) is 41.1 Å². The molecule has 1 aromatic rings. The van der Waals surface area contributed by atoms with Gasteiger partial charge in [-0.1, -0.05) is 19.8 Å². The Balaban J connectivity index is 2.02. The molecule has 0 aromatic carbocycles. The third-order valence-corrected chi connectivity index (χ3v) is 3.65. The lowest BCUT2D eigenvalue weighted by atomic mass is 10.2. The first-order chi connectivity index (χ1) is 8.85. The fraction of sp³-hybridized carbons (Fsp3) is 0.714. The van der Waals surface area contributed by atoms with Gasteiger partial charge in [0, 0.05) is 19.1 Å². The van der Waals surface area contributed by atoms with Crippen LogP contribution < -0.4 is 10.2 Å². The van der Waals surface area contributed by atoms with Crippen LogP contribution in [0.5, 0.6) is 0 Å². The smallest absolute Gasteiger partial charge is 0.147 e. The number of aromatic nitrogens is 2. The Morgan fingerprint density at radius 2 is 2.00 bits per heavy atom. The largest absolute Gasteiger partial charge is 0.353 e. The van der Waals surface area contributed by atoms with Crippen LogP contribution in [-0.4, -0.2) is 29.1 Å². The van der Waals surface area contributed by atoms with Gasteiger partial charge in [0.05, 0.1) is 18.1 Å². The molecule has 1 aromatic heterocycles. The first-order valence-electron chi connectivity index (χ1n) is 7.13. The highest BCUT2D eigenvalue weighted by molar-refractivity contribution is 5.37. The van der Waals surface area contributed by atoms with Crippen molar-refractivity contribution in [3.63, 3.8) is 0 Å². The Labute approximate surface area is 110 Å². The molecule has 0 atom stereocenters. The molecule has 0 radical (unpaired) electrons. The van der Waals surface area contributed by atoms with Crippen molar-refractivity contribution >= 4 is 5.82 Å². The van der Waals surface area contributed by atoms with E-state index in [1.807, 2.05) is 12.4 Å². The molecule has 0 amide bonds. The van der Waals surface area contributed by atoms with Crippen molar-refractivity contribution in [3.05, 3.63) is 18.1 Å². The number of hydrogen-bond donors (Lipinski definition) is 1. The Bertz CT molecular complexity index is 343. The van der Waals surface area contributed by atoms with Crippen molar-refractivity contribution in [2.24, 2.45) is 0 Å². The predicted octanol–water partition coefficient (Wildman–Crippen LogP) is 2.36. The van der Waals surface area contributed by atoms with Crippen molar-refractivity contribution in [3.8, 4) is 0 Å². The van der Waals surface area contributed by atoms with Crippen molar-refractivity contribution in [2.45, 2.75) is 52.1 Å². The summed E-state index contributed by atoms with van der Waals surface area (Å²) >= 11 is 0. The lowest BCUT2D eigenvalue weighted by Gasteiger charge is -2.28. The molecule has 18 heavy (non-hydrogen) atoms. The van der Waals surface area contributed by atoms with Crippen molar-refractivity contribution < 1.29 is 0 Å². The zero-order valence-electron chi connectivity index (χ0n) is 11.5. The van der Waals surface area contributed by atoms with Gasteiger partial charge < -0.3 is 10.2 Å². The quantitative estimate of drug-likeness (QED) is 0.839. The minimum Gasteiger partial charge on any atom is -0.353 e. The first-order valence-corrected chi connectivity index (χ1v) is 7.13. The lowest BCUT2D eigenvalue weighted by molar-refractivity contribution is 0.610. The number of hydrogen-bond acceptors (Lipinski definition) is 4. The zero-order valence-corrected chi connectivity index (χ0v) is 11.5. The van der Waals surface area contributed by atoms with Gasteiger partial charge in [0.15, 0.2) is 0 Å². The molecular formula is C14H24N4. The second kappa shape index (κ2) is 6.69. The van der Waals surface area contributed by atoms with Crippen LogP contribution in [0.15, 0.2) is 12.4 Å². The lowest BCUT2D eigenvalue weighted by Crippen LogP contribution is -2.33. The van der Waals surface area contributed by atoms with Gasteiger partial charge in [-0.15, -0.1) is 0 Å². The summed E-state index contributed by atoms with van der Waals surface area (Å²) in [4.78, 5) is 11.5. The summed E-state index contributed by atoms with van der Waals surface area (Å²) in [7, 11) is 0. The Kier molecular flexibility index (Phi) is 4.93. The van der Waals surface area contributed by atoms with Crippen molar-refractivity contribution in [1.29, 1.82) is 0 Å². The molecule has 1 fully saturated rings. The van der Waals surface area contributed by atoms with Gasteiger partial charge in [0.25, 0.3) is 0 Å². The van der Waals surface area contributed by atoms with Crippen molar-refractivity contribution in [1.82, 2.24) is 15.3 Å². The molecule has 100 valence electrons. The third kappa shape index (κ3) is 3.19. The molecule has 2 rings (SSSR count). The minimum absolute atomic E-state index is 0.670. The van der Waals surface area contributed by atoms with Gasteiger partial charge in [0.1, 0.15) is 5.82 Å². The fourth-order valence-corrected chi connectivity index (χ4v) is 2.66. The maximum atomic E-state index is 4.57. The van der Waals surface area contributed by atoms with E-state index in [1.165, 1.54) is 25.7 Å². The van der Waals surface area contributed by atoms with Gasteiger partial charge in [0.2, 0.25) is 0 Å². The second-order valence-corrected chi connectivity index (χ2v) is 4.87. The van der Waals surface area contributed by atoms with E-state index in [-0.39, 0.29) is 0 Å². The van der Waals surface area contributed by atoms with E-state index in [4.69, 9.17) is 0 Å². The summed E-state index contributed by atoms with van der Waals surface area (Å²) in [6.45, 7) is 7.09. The molecule has 1 heterocycles. The normalized spacial score (nSPS) is 16.1. The maximum absolute atomic E-state index is 4.57. The standard InChI is InChI=1S/C14H24N4/c1-3-15-9-12-10-17-14(11-16-12)18(4-2)13-7-5-6-8-13/h10-11,13,15H,3-9H2,1-2H3. The molecule has 0 spiro atoms. The first kappa shape index (κ1) is 13.3. The van der Waals surface area contributed by atoms with Crippen LogP contribution in [-0.2, 0) is 6.54 Å². The van der Waals surface area contributed by atoms with E-state index in [1.54, 1.807) is 0 Å². The molecule has 1 saturated carbocycles. The van der Waals surface area contributed by atoms with Crippen LogP contribution in [0, 0.1) is 0 Å². The number of nitrogens with zero attached hydrogens (tertiary/aromatic N) is 3. The molecule has 0 unspecified atom stereocenters. The second-order valence-electron chi connectivity index (χ2n) is 4.87. The molecule has 0 bridgehead atoms. The van der Waals surface area contributed by atoms with E-state index in [0.717, 1.165) is 31.1 Å². The number of nitrogens with one attached hydrogen (secondary N) is 1. The molecular weight excluding hydrogens is 224 g/mol.